The summed E-state index contributed by atoms with van der Waals surface area (Å²) in [5, 5.41) is 0.850. The van der Waals surface area contributed by atoms with Crippen molar-refractivity contribution < 1.29 is 0 Å². The van der Waals surface area contributed by atoms with Gasteiger partial charge in [0.2, 0.25) is 0 Å². The number of nitrogens with two attached hydrogens (primary N) is 1. The molecule has 1 aliphatic carbocycles. The Hall–Kier alpha value is -0.530. The van der Waals surface area contributed by atoms with Crippen LogP contribution < -0.4 is 5.73 Å². The molecule has 1 unspecified atom stereocenters. The van der Waals surface area contributed by atoms with E-state index < -0.39 is 0 Å². The number of rotatable bonds is 4. The number of hydrogen-bond acceptors (Lipinski definition) is 1. The number of aryl methyl sites for hydroxylation is 2. The molecule has 1 saturated carbocycles. The normalized spacial score (nSPS) is 19.6. The molecular weight excluding hydrogens is 266 g/mol. The highest BCUT2D eigenvalue weighted by molar-refractivity contribution is 6.31. The van der Waals surface area contributed by atoms with Crippen molar-refractivity contribution >= 4 is 11.6 Å². The Morgan fingerprint density at radius 2 is 1.75 bits per heavy atom. The molecular formula is C18H28ClN. The summed E-state index contributed by atoms with van der Waals surface area (Å²) in [6, 6.07) is 4.43. The summed E-state index contributed by atoms with van der Waals surface area (Å²) in [7, 11) is 0. The first-order chi connectivity index (χ1) is 9.35. The summed E-state index contributed by atoms with van der Waals surface area (Å²) in [5.41, 5.74) is 10.7. The van der Waals surface area contributed by atoms with Gasteiger partial charge in [0.1, 0.15) is 0 Å². The van der Waals surface area contributed by atoms with Crippen molar-refractivity contribution in [3.8, 4) is 0 Å². The SMILES string of the molecule is Cc1cc(C(N)C2(CC(C)C)CCCC2)c(C)cc1Cl. The molecule has 1 aromatic carbocycles. The van der Waals surface area contributed by atoms with Gasteiger partial charge in [0, 0.05) is 11.1 Å². The van der Waals surface area contributed by atoms with E-state index in [4.69, 9.17) is 17.3 Å². The first kappa shape index (κ1) is 15.9. The predicted octanol–water partition coefficient (Wildman–Crippen LogP) is 5.56. The van der Waals surface area contributed by atoms with Crippen LogP contribution in [0.4, 0.5) is 0 Å². The van der Waals surface area contributed by atoms with Crippen LogP contribution in [0, 0.1) is 25.2 Å². The molecule has 0 radical (unpaired) electrons. The Morgan fingerprint density at radius 1 is 1.15 bits per heavy atom. The van der Waals surface area contributed by atoms with Crippen LogP contribution in [0.5, 0.6) is 0 Å². The van der Waals surface area contributed by atoms with E-state index in [2.05, 4.69) is 39.8 Å². The smallest absolute Gasteiger partial charge is 0.0438 e. The van der Waals surface area contributed by atoms with Gasteiger partial charge in [-0.2, -0.15) is 0 Å². The van der Waals surface area contributed by atoms with E-state index in [1.807, 2.05) is 0 Å². The molecule has 1 aromatic rings. The van der Waals surface area contributed by atoms with Crippen molar-refractivity contribution in [1.29, 1.82) is 0 Å². The summed E-state index contributed by atoms with van der Waals surface area (Å²) in [5.74, 6) is 0.702. The molecule has 1 aliphatic rings. The van der Waals surface area contributed by atoms with Crippen molar-refractivity contribution in [2.24, 2.45) is 17.1 Å². The predicted molar refractivity (Wildman–Crippen MR) is 88.2 cm³/mol. The van der Waals surface area contributed by atoms with E-state index in [0.29, 0.717) is 11.3 Å². The van der Waals surface area contributed by atoms with Crippen molar-refractivity contribution in [2.75, 3.05) is 0 Å². The van der Waals surface area contributed by atoms with Gasteiger partial charge in [0.05, 0.1) is 0 Å². The summed E-state index contributed by atoms with van der Waals surface area (Å²) in [6.07, 6.45) is 6.42. The van der Waals surface area contributed by atoms with Gasteiger partial charge in [-0.15, -0.1) is 0 Å². The lowest BCUT2D eigenvalue weighted by atomic mass is 9.70. The first-order valence-electron chi connectivity index (χ1n) is 7.88. The Balaban J connectivity index is 2.37. The number of halogens is 1. The van der Waals surface area contributed by atoms with Crippen molar-refractivity contribution in [2.45, 2.75) is 65.8 Å². The summed E-state index contributed by atoms with van der Waals surface area (Å²) in [4.78, 5) is 0. The highest BCUT2D eigenvalue weighted by Gasteiger charge is 2.40. The molecule has 0 heterocycles. The maximum Gasteiger partial charge on any atom is 0.0438 e. The fourth-order valence-corrected chi connectivity index (χ4v) is 4.22. The van der Waals surface area contributed by atoms with Crippen molar-refractivity contribution in [1.82, 2.24) is 0 Å². The summed E-state index contributed by atoms with van der Waals surface area (Å²) < 4.78 is 0. The standard InChI is InChI=1S/C18H28ClN/c1-12(2)11-18(7-5-6-8-18)17(20)15-9-14(4)16(19)10-13(15)3/h9-10,12,17H,5-8,11,20H2,1-4H3. The average molecular weight is 294 g/mol. The fraction of sp³-hybridized carbons (Fsp3) is 0.667. The third-order valence-electron chi connectivity index (χ3n) is 4.96. The Morgan fingerprint density at radius 3 is 2.30 bits per heavy atom. The minimum Gasteiger partial charge on any atom is -0.323 e. The molecule has 1 nitrogen and oxygen atoms in total. The lowest BCUT2D eigenvalue weighted by molar-refractivity contribution is 0.183. The Bertz CT molecular complexity index is 473. The quantitative estimate of drug-likeness (QED) is 0.772. The molecule has 2 rings (SSSR count). The molecule has 0 aromatic heterocycles. The van der Waals surface area contributed by atoms with Crippen molar-refractivity contribution in [3.63, 3.8) is 0 Å². The second-order valence-electron chi connectivity index (χ2n) is 7.10. The third kappa shape index (κ3) is 3.04. The molecule has 2 heteroatoms. The number of benzene rings is 1. The maximum atomic E-state index is 6.76. The van der Waals surface area contributed by atoms with E-state index in [1.54, 1.807) is 0 Å². The first-order valence-corrected chi connectivity index (χ1v) is 8.26. The summed E-state index contributed by atoms with van der Waals surface area (Å²) in [6.45, 7) is 8.83. The van der Waals surface area contributed by atoms with Gasteiger partial charge in [-0.1, -0.05) is 44.4 Å². The summed E-state index contributed by atoms with van der Waals surface area (Å²) >= 11 is 6.23. The topological polar surface area (TPSA) is 26.0 Å². The van der Waals surface area contributed by atoms with Gasteiger partial charge in [-0.3, -0.25) is 0 Å². The lowest BCUT2D eigenvalue weighted by Crippen LogP contribution is -2.34. The third-order valence-corrected chi connectivity index (χ3v) is 5.36. The van der Waals surface area contributed by atoms with Gasteiger partial charge in [-0.05, 0) is 67.2 Å². The molecule has 0 amide bonds. The van der Waals surface area contributed by atoms with E-state index in [0.717, 1.165) is 10.6 Å². The molecule has 0 saturated heterocycles. The van der Waals surface area contributed by atoms with Crippen LogP contribution in [0.2, 0.25) is 5.02 Å². The van der Waals surface area contributed by atoms with Gasteiger partial charge < -0.3 is 5.73 Å². The minimum absolute atomic E-state index is 0.142. The molecule has 2 N–H and O–H groups in total. The number of hydrogen-bond donors (Lipinski definition) is 1. The largest absolute Gasteiger partial charge is 0.323 e. The molecule has 1 atom stereocenters. The van der Waals surface area contributed by atoms with E-state index in [9.17, 15) is 0 Å². The van der Waals surface area contributed by atoms with Gasteiger partial charge in [-0.25, -0.2) is 0 Å². The maximum absolute atomic E-state index is 6.76. The van der Waals surface area contributed by atoms with Gasteiger partial charge in [0.15, 0.2) is 0 Å². The molecule has 0 aliphatic heterocycles. The molecule has 0 bridgehead atoms. The van der Waals surface area contributed by atoms with E-state index in [-0.39, 0.29) is 6.04 Å². The van der Waals surface area contributed by atoms with Crippen LogP contribution in [0.15, 0.2) is 12.1 Å². The Kier molecular flexibility index (Phi) is 4.81. The van der Waals surface area contributed by atoms with Crippen LogP contribution in [-0.4, -0.2) is 0 Å². The zero-order valence-corrected chi connectivity index (χ0v) is 14.1. The highest BCUT2D eigenvalue weighted by atomic mass is 35.5. The molecule has 0 spiro atoms. The van der Waals surface area contributed by atoms with Crippen LogP contribution in [0.1, 0.15) is 68.7 Å². The van der Waals surface area contributed by atoms with E-state index >= 15 is 0 Å². The molecule has 20 heavy (non-hydrogen) atoms. The van der Waals surface area contributed by atoms with E-state index in [1.165, 1.54) is 43.2 Å². The van der Waals surface area contributed by atoms with Crippen LogP contribution >= 0.6 is 11.6 Å². The molecule has 112 valence electrons. The van der Waals surface area contributed by atoms with Crippen LogP contribution in [0.25, 0.3) is 0 Å². The van der Waals surface area contributed by atoms with Gasteiger partial charge in [0.25, 0.3) is 0 Å². The fourth-order valence-electron chi connectivity index (χ4n) is 4.00. The minimum atomic E-state index is 0.142. The second-order valence-corrected chi connectivity index (χ2v) is 7.51. The lowest BCUT2D eigenvalue weighted by Gasteiger charge is -2.38. The highest BCUT2D eigenvalue weighted by Crippen LogP contribution is 2.51. The Labute approximate surface area is 128 Å². The zero-order chi connectivity index (χ0) is 14.9. The monoisotopic (exact) mass is 293 g/mol. The second kappa shape index (κ2) is 6.07. The zero-order valence-electron chi connectivity index (χ0n) is 13.3. The van der Waals surface area contributed by atoms with Crippen molar-refractivity contribution in [3.05, 3.63) is 33.8 Å². The van der Waals surface area contributed by atoms with Crippen LogP contribution in [-0.2, 0) is 0 Å². The van der Waals surface area contributed by atoms with Crippen LogP contribution in [0.3, 0.4) is 0 Å². The van der Waals surface area contributed by atoms with Gasteiger partial charge >= 0.3 is 0 Å². The average Bonchev–Trinajstić information content (AvgIpc) is 2.81. The molecule has 1 fully saturated rings.